The Morgan fingerprint density at radius 3 is 2.95 bits per heavy atom. The zero-order chi connectivity index (χ0) is 15.4. The molecule has 7 heteroatoms. The summed E-state index contributed by atoms with van der Waals surface area (Å²) < 4.78 is 10.8. The summed E-state index contributed by atoms with van der Waals surface area (Å²) in [6.45, 7) is 1.14. The van der Waals surface area contributed by atoms with Crippen molar-refractivity contribution in [2.75, 3.05) is 20.2 Å². The van der Waals surface area contributed by atoms with Gasteiger partial charge in [0.05, 0.1) is 26.0 Å². The first kappa shape index (κ1) is 14.2. The first-order valence-corrected chi connectivity index (χ1v) is 6.99. The number of pyridine rings is 1. The van der Waals surface area contributed by atoms with Crippen LogP contribution >= 0.6 is 0 Å². The Balaban J connectivity index is 1.61. The quantitative estimate of drug-likeness (QED) is 0.843. The lowest BCUT2D eigenvalue weighted by Gasteiger charge is -2.16. The Labute approximate surface area is 127 Å². The summed E-state index contributed by atoms with van der Waals surface area (Å²) in [7, 11) is 1.52. The second-order valence-corrected chi connectivity index (χ2v) is 4.89. The van der Waals surface area contributed by atoms with Gasteiger partial charge in [0.15, 0.2) is 0 Å². The van der Waals surface area contributed by atoms with Crippen LogP contribution in [0, 0.1) is 0 Å². The fourth-order valence-corrected chi connectivity index (χ4v) is 2.32. The highest BCUT2D eigenvalue weighted by molar-refractivity contribution is 5.92. The number of carbonyl (C=O) groups excluding carboxylic acids is 1. The molecule has 7 nitrogen and oxygen atoms in total. The van der Waals surface area contributed by atoms with Crippen molar-refractivity contribution in [3.63, 3.8) is 0 Å². The summed E-state index contributed by atoms with van der Waals surface area (Å²) in [6.07, 6.45) is 5.30. The second-order valence-electron chi connectivity index (χ2n) is 4.89. The first-order valence-electron chi connectivity index (χ1n) is 6.99. The molecule has 22 heavy (non-hydrogen) atoms. The molecule has 3 heterocycles. The molecule has 0 N–H and O–H groups in total. The number of methoxy groups -OCH3 is 1. The van der Waals surface area contributed by atoms with Crippen molar-refractivity contribution in [2.45, 2.75) is 12.5 Å². The number of rotatable bonds is 4. The Hall–Kier alpha value is -2.70. The Morgan fingerprint density at radius 1 is 1.32 bits per heavy atom. The molecule has 3 rings (SSSR count). The van der Waals surface area contributed by atoms with Gasteiger partial charge in [-0.2, -0.15) is 4.98 Å². The third-order valence-electron chi connectivity index (χ3n) is 3.40. The molecule has 2 aromatic heterocycles. The molecule has 1 fully saturated rings. The highest BCUT2D eigenvalue weighted by Crippen LogP contribution is 2.19. The zero-order valence-electron chi connectivity index (χ0n) is 12.2. The lowest BCUT2D eigenvalue weighted by molar-refractivity contribution is 0.0765. The molecule has 1 saturated heterocycles. The van der Waals surface area contributed by atoms with E-state index in [9.17, 15) is 4.79 Å². The minimum absolute atomic E-state index is 0.0802. The van der Waals surface area contributed by atoms with E-state index in [-0.39, 0.29) is 12.0 Å². The van der Waals surface area contributed by atoms with Gasteiger partial charge in [0, 0.05) is 19.2 Å². The van der Waals surface area contributed by atoms with E-state index < -0.39 is 0 Å². The highest BCUT2D eigenvalue weighted by Gasteiger charge is 2.29. The molecule has 0 radical (unpaired) electrons. The van der Waals surface area contributed by atoms with E-state index in [1.165, 1.54) is 19.5 Å². The first-order chi connectivity index (χ1) is 10.8. The van der Waals surface area contributed by atoms with Crippen molar-refractivity contribution in [2.24, 2.45) is 0 Å². The van der Waals surface area contributed by atoms with Crippen LogP contribution in [0.2, 0.25) is 0 Å². The number of aromatic nitrogens is 3. The van der Waals surface area contributed by atoms with Crippen LogP contribution in [-0.4, -0.2) is 52.1 Å². The second kappa shape index (κ2) is 6.38. The Kier molecular flexibility index (Phi) is 4.13. The SMILES string of the molecule is COc1cncc(OC2CCN(C(=O)c3ccccn3)C2)n1. The van der Waals surface area contributed by atoms with E-state index in [0.717, 1.165) is 6.42 Å². The van der Waals surface area contributed by atoms with Gasteiger partial charge >= 0.3 is 0 Å². The van der Waals surface area contributed by atoms with E-state index in [1.807, 2.05) is 0 Å². The van der Waals surface area contributed by atoms with Crippen LogP contribution in [0.5, 0.6) is 11.8 Å². The number of amides is 1. The normalized spacial score (nSPS) is 17.3. The van der Waals surface area contributed by atoms with Crippen molar-refractivity contribution in [1.82, 2.24) is 19.9 Å². The molecule has 1 atom stereocenters. The molecular formula is C15H16N4O3. The average Bonchev–Trinajstić information content (AvgIpc) is 3.03. The molecule has 1 aliphatic heterocycles. The van der Waals surface area contributed by atoms with E-state index in [1.54, 1.807) is 29.3 Å². The fraction of sp³-hybridized carbons (Fsp3) is 0.333. The average molecular weight is 300 g/mol. The smallest absolute Gasteiger partial charge is 0.272 e. The van der Waals surface area contributed by atoms with Crippen LogP contribution < -0.4 is 9.47 Å². The van der Waals surface area contributed by atoms with Gasteiger partial charge in [0.1, 0.15) is 11.8 Å². The Morgan fingerprint density at radius 2 is 2.18 bits per heavy atom. The monoisotopic (exact) mass is 300 g/mol. The standard InChI is InChI=1S/C15H16N4O3/c1-21-13-8-16-9-14(18-13)22-11-5-7-19(10-11)15(20)12-4-2-3-6-17-12/h2-4,6,8-9,11H,5,7,10H2,1H3. The van der Waals surface area contributed by atoms with Crippen LogP contribution in [-0.2, 0) is 0 Å². The van der Waals surface area contributed by atoms with Crippen molar-refractivity contribution in [1.29, 1.82) is 0 Å². The molecule has 1 aliphatic rings. The predicted molar refractivity (Wildman–Crippen MR) is 77.8 cm³/mol. The number of likely N-dealkylation sites (tertiary alicyclic amines) is 1. The van der Waals surface area contributed by atoms with Gasteiger partial charge in [-0.3, -0.25) is 14.8 Å². The topological polar surface area (TPSA) is 77.4 Å². The molecule has 0 aromatic carbocycles. The van der Waals surface area contributed by atoms with Gasteiger partial charge in [-0.25, -0.2) is 0 Å². The van der Waals surface area contributed by atoms with Crippen molar-refractivity contribution in [3.05, 3.63) is 42.5 Å². The molecule has 0 aliphatic carbocycles. The van der Waals surface area contributed by atoms with Gasteiger partial charge in [0.25, 0.3) is 5.91 Å². The van der Waals surface area contributed by atoms with Gasteiger partial charge < -0.3 is 14.4 Å². The van der Waals surface area contributed by atoms with Gasteiger partial charge in [0.2, 0.25) is 11.8 Å². The molecule has 0 saturated carbocycles. The van der Waals surface area contributed by atoms with E-state index in [0.29, 0.717) is 30.5 Å². The summed E-state index contributed by atoms with van der Waals surface area (Å²) in [5.74, 6) is 0.719. The zero-order valence-corrected chi connectivity index (χ0v) is 12.2. The van der Waals surface area contributed by atoms with Crippen LogP contribution in [0.25, 0.3) is 0 Å². The fourth-order valence-electron chi connectivity index (χ4n) is 2.32. The minimum atomic E-state index is -0.103. The summed E-state index contributed by atoms with van der Waals surface area (Å²) in [6, 6.07) is 5.30. The largest absolute Gasteiger partial charge is 0.480 e. The van der Waals surface area contributed by atoms with E-state index in [2.05, 4.69) is 15.0 Å². The molecule has 0 spiro atoms. The third-order valence-corrected chi connectivity index (χ3v) is 3.40. The Bertz CT molecular complexity index is 650. The maximum Gasteiger partial charge on any atom is 0.272 e. The van der Waals surface area contributed by atoms with Crippen molar-refractivity contribution < 1.29 is 14.3 Å². The van der Waals surface area contributed by atoms with Crippen LogP contribution in [0.15, 0.2) is 36.8 Å². The van der Waals surface area contributed by atoms with Crippen LogP contribution in [0.3, 0.4) is 0 Å². The number of hydrogen-bond acceptors (Lipinski definition) is 6. The molecule has 1 amide bonds. The van der Waals surface area contributed by atoms with Crippen molar-refractivity contribution in [3.8, 4) is 11.8 Å². The summed E-state index contributed by atoms with van der Waals surface area (Å²) in [5.41, 5.74) is 0.448. The molecule has 1 unspecified atom stereocenters. The van der Waals surface area contributed by atoms with Gasteiger partial charge in [-0.05, 0) is 12.1 Å². The van der Waals surface area contributed by atoms with Crippen LogP contribution in [0.1, 0.15) is 16.9 Å². The lowest BCUT2D eigenvalue weighted by Crippen LogP contribution is -2.31. The molecule has 114 valence electrons. The van der Waals surface area contributed by atoms with Gasteiger partial charge in [-0.15, -0.1) is 0 Å². The highest BCUT2D eigenvalue weighted by atomic mass is 16.5. The number of hydrogen-bond donors (Lipinski definition) is 0. The number of carbonyl (C=O) groups is 1. The van der Waals surface area contributed by atoms with Crippen LogP contribution in [0.4, 0.5) is 0 Å². The number of ether oxygens (including phenoxy) is 2. The summed E-state index contributed by atoms with van der Waals surface area (Å²) in [4.78, 5) is 26.3. The minimum Gasteiger partial charge on any atom is -0.480 e. The van der Waals surface area contributed by atoms with E-state index in [4.69, 9.17) is 9.47 Å². The molecular weight excluding hydrogens is 284 g/mol. The predicted octanol–water partition coefficient (Wildman–Crippen LogP) is 1.17. The number of nitrogens with zero attached hydrogens (tertiary/aromatic N) is 4. The lowest BCUT2D eigenvalue weighted by atomic mass is 10.3. The third kappa shape index (κ3) is 3.13. The summed E-state index contributed by atoms with van der Waals surface area (Å²) >= 11 is 0. The molecule has 2 aromatic rings. The summed E-state index contributed by atoms with van der Waals surface area (Å²) in [5, 5.41) is 0. The van der Waals surface area contributed by atoms with E-state index >= 15 is 0 Å². The maximum atomic E-state index is 12.3. The molecule has 0 bridgehead atoms. The maximum absolute atomic E-state index is 12.3. The van der Waals surface area contributed by atoms with Gasteiger partial charge in [-0.1, -0.05) is 6.07 Å². The van der Waals surface area contributed by atoms with Crippen molar-refractivity contribution >= 4 is 5.91 Å².